The first-order valence-electron chi connectivity index (χ1n) is 6.10. The van der Waals surface area contributed by atoms with Crippen molar-refractivity contribution in [3.63, 3.8) is 0 Å². The molecule has 2 heteroatoms. The van der Waals surface area contributed by atoms with Gasteiger partial charge in [-0.1, -0.05) is 24.6 Å². The molecule has 1 heterocycles. The lowest BCUT2D eigenvalue weighted by Gasteiger charge is -2.40. The molecule has 0 radical (unpaired) electrons. The molecule has 0 aromatic heterocycles. The van der Waals surface area contributed by atoms with Crippen LogP contribution >= 0.6 is 0 Å². The minimum atomic E-state index is -0.177. The van der Waals surface area contributed by atoms with Gasteiger partial charge in [0.25, 0.3) is 0 Å². The van der Waals surface area contributed by atoms with Crippen molar-refractivity contribution >= 4 is 5.97 Å². The molecule has 1 spiro atoms. The first-order valence-corrected chi connectivity index (χ1v) is 6.10. The molecular formula is C14H16O2. The standard InChI is InChI=1S/C14H16O2/c15-13-12-7-3-2-6-11(12)10-14(16-13)8-4-1-5-9-14/h2-3,6-7H,1,4-5,8-10H2. The van der Waals surface area contributed by atoms with Gasteiger partial charge in [0.15, 0.2) is 0 Å². The van der Waals surface area contributed by atoms with Gasteiger partial charge in [-0.3, -0.25) is 0 Å². The number of ether oxygens (including phenoxy) is 1. The molecule has 1 fully saturated rings. The van der Waals surface area contributed by atoms with Gasteiger partial charge in [-0.15, -0.1) is 0 Å². The molecule has 16 heavy (non-hydrogen) atoms. The van der Waals surface area contributed by atoms with E-state index in [0.29, 0.717) is 0 Å². The van der Waals surface area contributed by atoms with Crippen LogP contribution in [0.3, 0.4) is 0 Å². The van der Waals surface area contributed by atoms with Gasteiger partial charge in [0, 0.05) is 6.42 Å². The summed E-state index contributed by atoms with van der Waals surface area (Å²) in [7, 11) is 0. The average Bonchev–Trinajstić information content (AvgIpc) is 2.30. The first kappa shape index (κ1) is 9.88. The Balaban J connectivity index is 1.96. The van der Waals surface area contributed by atoms with Crippen molar-refractivity contribution in [2.24, 2.45) is 0 Å². The summed E-state index contributed by atoms with van der Waals surface area (Å²) in [6.45, 7) is 0. The lowest BCUT2D eigenvalue weighted by molar-refractivity contribution is -0.0434. The zero-order valence-electron chi connectivity index (χ0n) is 9.37. The van der Waals surface area contributed by atoms with Crippen LogP contribution in [0.25, 0.3) is 0 Å². The Hall–Kier alpha value is -1.31. The Bertz CT molecular complexity index is 416. The van der Waals surface area contributed by atoms with Crippen LogP contribution in [0.15, 0.2) is 24.3 Å². The third kappa shape index (κ3) is 1.53. The Labute approximate surface area is 95.6 Å². The van der Waals surface area contributed by atoms with Gasteiger partial charge in [-0.05, 0) is 37.3 Å². The van der Waals surface area contributed by atoms with Crippen molar-refractivity contribution in [2.45, 2.75) is 44.1 Å². The van der Waals surface area contributed by atoms with E-state index in [9.17, 15) is 4.79 Å². The third-order valence-electron chi connectivity index (χ3n) is 3.82. The molecule has 0 N–H and O–H groups in total. The summed E-state index contributed by atoms with van der Waals surface area (Å²) < 4.78 is 5.70. The van der Waals surface area contributed by atoms with Gasteiger partial charge < -0.3 is 4.74 Å². The van der Waals surface area contributed by atoms with Crippen LogP contribution in [-0.2, 0) is 11.2 Å². The van der Waals surface area contributed by atoms with Crippen LogP contribution < -0.4 is 0 Å². The number of carbonyl (C=O) groups is 1. The van der Waals surface area contributed by atoms with E-state index in [1.165, 1.54) is 24.8 Å². The molecule has 1 saturated carbocycles. The van der Waals surface area contributed by atoms with Crippen molar-refractivity contribution in [1.82, 2.24) is 0 Å². The van der Waals surface area contributed by atoms with E-state index < -0.39 is 0 Å². The molecule has 84 valence electrons. The van der Waals surface area contributed by atoms with Gasteiger partial charge >= 0.3 is 5.97 Å². The molecule has 0 bridgehead atoms. The number of rotatable bonds is 0. The maximum Gasteiger partial charge on any atom is 0.338 e. The molecule has 2 aliphatic rings. The fraction of sp³-hybridized carbons (Fsp3) is 0.500. The van der Waals surface area contributed by atoms with Crippen molar-refractivity contribution in [1.29, 1.82) is 0 Å². The highest BCUT2D eigenvalue weighted by atomic mass is 16.6. The summed E-state index contributed by atoms with van der Waals surface area (Å²) >= 11 is 0. The predicted molar refractivity (Wildman–Crippen MR) is 61.4 cm³/mol. The Morgan fingerprint density at radius 3 is 2.62 bits per heavy atom. The molecule has 0 unspecified atom stereocenters. The number of hydrogen-bond acceptors (Lipinski definition) is 2. The molecule has 2 nitrogen and oxygen atoms in total. The van der Waals surface area contributed by atoms with E-state index in [0.717, 1.165) is 24.8 Å². The quantitative estimate of drug-likeness (QED) is 0.623. The van der Waals surface area contributed by atoms with Gasteiger partial charge in [0.05, 0.1) is 5.56 Å². The summed E-state index contributed by atoms with van der Waals surface area (Å²) in [5, 5.41) is 0. The highest BCUT2D eigenvalue weighted by molar-refractivity contribution is 5.92. The normalized spacial score (nSPS) is 22.6. The lowest BCUT2D eigenvalue weighted by atomic mass is 9.78. The lowest BCUT2D eigenvalue weighted by Crippen LogP contribution is -2.43. The van der Waals surface area contributed by atoms with Crippen LogP contribution in [0, 0.1) is 0 Å². The van der Waals surface area contributed by atoms with Gasteiger partial charge in [0.2, 0.25) is 0 Å². The third-order valence-corrected chi connectivity index (χ3v) is 3.82. The second-order valence-electron chi connectivity index (χ2n) is 4.97. The summed E-state index contributed by atoms with van der Waals surface area (Å²) in [6, 6.07) is 7.84. The molecule has 0 amide bonds. The molecule has 1 aliphatic carbocycles. The second kappa shape index (κ2) is 3.62. The molecule has 1 aromatic carbocycles. The summed E-state index contributed by atoms with van der Waals surface area (Å²) in [6.07, 6.45) is 6.64. The summed E-state index contributed by atoms with van der Waals surface area (Å²) in [4.78, 5) is 11.9. The Morgan fingerprint density at radius 2 is 1.81 bits per heavy atom. The summed E-state index contributed by atoms with van der Waals surface area (Å²) in [5.41, 5.74) is 1.75. The van der Waals surface area contributed by atoms with Crippen LogP contribution in [0.2, 0.25) is 0 Å². The number of hydrogen-bond donors (Lipinski definition) is 0. The highest BCUT2D eigenvalue weighted by Crippen LogP contribution is 2.38. The largest absolute Gasteiger partial charge is 0.455 e. The molecule has 0 saturated heterocycles. The molecule has 1 aromatic rings. The maximum absolute atomic E-state index is 11.9. The van der Waals surface area contributed by atoms with E-state index in [2.05, 4.69) is 6.07 Å². The fourth-order valence-corrected chi connectivity index (χ4v) is 2.98. The van der Waals surface area contributed by atoms with Crippen LogP contribution in [0.5, 0.6) is 0 Å². The molecule has 0 atom stereocenters. The van der Waals surface area contributed by atoms with Crippen LogP contribution in [0.4, 0.5) is 0 Å². The number of carbonyl (C=O) groups excluding carboxylic acids is 1. The van der Waals surface area contributed by atoms with Gasteiger partial charge in [0.1, 0.15) is 5.60 Å². The van der Waals surface area contributed by atoms with Gasteiger partial charge in [-0.25, -0.2) is 4.79 Å². The van der Waals surface area contributed by atoms with E-state index in [1.54, 1.807) is 0 Å². The van der Waals surface area contributed by atoms with E-state index in [4.69, 9.17) is 4.74 Å². The zero-order chi connectivity index (χ0) is 11.0. The molecular weight excluding hydrogens is 200 g/mol. The number of benzene rings is 1. The SMILES string of the molecule is O=C1OC2(CCCCC2)Cc2ccccc21. The minimum Gasteiger partial charge on any atom is -0.455 e. The van der Waals surface area contributed by atoms with Crippen molar-refractivity contribution < 1.29 is 9.53 Å². The van der Waals surface area contributed by atoms with Crippen LogP contribution in [0.1, 0.15) is 48.0 Å². The minimum absolute atomic E-state index is 0.122. The molecule has 1 aliphatic heterocycles. The van der Waals surface area contributed by atoms with E-state index >= 15 is 0 Å². The first-order chi connectivity index (χ1) is 7.79. The number of esters is 1. The average molecular weight is 216 g/mol. The monoisotopic (exact) mass is 216 g/mol. The smallest absolute Gasteiger partial charge is 0.338 e. The van der Waals surface area contributed by atoms with E-state index in [1.807, 2.05) is 18.2 Å². The Morgan fingerprint density at radius 1 is 1.06 bits per heavy atom. The van der Waals surface area contributed by atoms with Crippen molar-refractivity contribution in [3.05, 3.63) is 35.4 Å². The number of fused-ring (bicyclic) bond motifs is 1. The van der Waals surface area contributed by atoms with Crippen molar-refractivity contribution in [2.75, 3.05) is 0 Å². The highest BCUT2D eigenvalue weighted by Gasteiger charge is 2.40. The maximum atomic E-state index is 11.9. The van der Waals surface area contributed by atoms with Gasteiger partial charge in [-0.2, -0.15) is 0 Å². The van der Waals surface area contributed by atoms with E-state index in [-0.39, 0.29) is 11.6 Å². The summed E-state index contributed by atoms with van der Waals surface area (Å²) in [5.74, 6) is -0.122. The second-order valence-corrected chi connectivity index (χ2v) is 4.97. The fourth-order valence-electron chi connectivity index (χ4n) is 2.98. The predicted octanol–water partition coefficient (Wildman–Crippen LogP) is 3.10. The van der Waals surface area contributed by atoms with Crippen LogP contribution in [-0.4, -0.2) is 11.6 Å². The van der Waals surface area contributed by atoms with Crippen molar-refractivity contribution in [3.8, 4) is 0 Å². The Kier molecular flexibility index (Phi) is 2.23. The zero-order valence-corrected chi connectivity index (χ0v) is 9.37. The molecule has 3 rings (SSSR count). The topological polar surface area (TPSA) is 26.3 Å².